The molecule has 4 rings (SSSR count). The summed E-state index contributed by atoms with van der Waals surface area (Å²) >= 11 is 1.49. The third-order valence-corrected chi connectivity index (χ3v) is 5.01. The molecule has 25 heavy (non-hydrogen) atoms. The first kappa shape index (κ1) is 15.7. The molecule has 126 valence electrons. The molecule has 0 aliphatic carbocycles. The molecule has 1 saturated heterocycles. The van der Waals surface area contributed by atoms with Crippen LogP contribution in [0.1, 0.15) is 12.0 Å². The fourth-order valence-electron chi connectivity index (χ4n) is 2.86. The third-order valence-electron chi connectivity index (χ3n) is 4.05. The smallest absolute Gasteiger partial charge is 0.253 e. The highest BCUT2D eigenvalue weighted by molar-refractivity contribution is 7.22. The van der Waals surface area contributed by atoms with Gasteiger partial charge in [-0.05, 0) is 36.8 Å². The molecule has 0 spiro atoms. The Hall–Kier alpha value is -2.77. The minimum absolute atomic E-state index is 0.116. The average Bonchev–Trinajstić information content (AvgIpc) is 3.13. The lowest BCUT2D eigenvalue weighted by Gasteiger charge is -2.16. The third kappa shape index (κ3) is 2.99. The number of anilines is 2. The highest BCUT2D eigenvalue weighted by atomic mass is 32.1. The Bertz CT molecular complexity index is 935. The van der Waals surface area contributed by atoms with Crippen LogP contribution >= 0.6 is 11.3 Å². The van der Waals surface area contributed by atoms with Crippen molar-refractivity contribution >= 4 is 44.2 Å². The van der Waals surface area contributed by atoms with Gasteiger partial charge in [-0.3, -0.25) is 15.0 Å². The van der Waals surface area contributed by atoms with Crippen molar-refractivity contribution in [2.24, 2.45) is 0 Å². The number of imide groups is 1. The van der Waals surface area contributed by atoms with E-state index in [-0.39, 0.29) is 18.2 Å². The van der Waals surface area contributed by atoms with Crippen molar-refractivity contribution in [1.82, 2.24) is 10.4 Å². The van der Waals surface area contributed by atoms with Crippen molar-refractivity contribution in [1.29, 1.82) is 0 Å². The number of nitrogens with zero attached hydrogens (tertiary/aromatic N) is 2. The summed E-state index contributed by atoms with van der Waals surface area (Å²) < 4.78 is 1.06. The van der Waals surface area contributed by atoms with Gasteiger partial charge in [-0.25, -0.2) is 15.3 Å². The van der Waals surface area contributed by atoms with E-state index in [0.29, 0.717) is 10.8 Å². The van der Waals surface area contributed by atoms with Crippen LogP contribution in [0.25, 0.3) is 10.2 Å². The van der Waals surface area contributed by atoms with Crippen molar-refractivity contribution in [3.8, 4) is 0 Å². The van der Waals surface area contributed by atoms with Crippen molar-refractivity contribution in [3.05, 3.63) is 54.1 Å². The summed E-state index contributed by atoms with van der Waals surface area (Å²) in [6.45, 7) is 1.93. The second-order valence-corrected chi connectivity index (χ2v) is 6.95. The molecule has 0 bridgehead atoms. The van der Waals surface area contributed by atoms with Crippen LogP contribution in [0.2, 0.25) is 0 Å². The van der Waals surface area contributed by atoms with E-state index in [1.54, 1.807) is 6.07 Å². The lowest BCUT2D eigenvalue weighted by Crippen LogP contribution is -2.41. The van der Waals surface area contributed by atoms with Crippen LogP contribution in [0.4, 0.5) is 10.8 Å². The Morgan fingerprint density at radius 3 is 2.80 bits per heavy atom. The van der Waals surface area contributed by atoms with Crippen LogP contribution in [-0.2, 0) is 9.59 Å². The van der Waals surface area contributed by atoms with Gasteiger partial charge in [-0.1, -0.05) is 35.6 Å². The molecule has 3 aromatic rings. The van der Waals surface area contributed by atoms with Crippen LogP contribution in [0.5, 0.6) is 0 Å². The van der Waals surface area contributed by atoms with Crippen molar-refractivity contribution < 1.29 is 9.59 Å². The molecular formula is C18H16N4O2S. The first-order chi connectivity index (χ1) is 12.1. The summed E-state index contributed by atoms with van der Waals surface area (Å²) in [7, 11) is 0. The number of carbonyl (C=O) groups excluding carboxylic acids is 2. The fraction of sp³-hybridized carbons (Fsp3) is 0.167. The van der Waals surface area contributed by atoms with Gasteiger partial charge in [0.05, 0.1) is 22.3 Å². The number of nitrogens with one attached hydrogen (secondary N) is 2. The molecule has 0 saturated carbocycles. The summed E-state index contributed by atoms with van der Waals surface area (Å²) in [5, 5.41) is 0.662. The number of aromatic nitrogens is 1. The van der Waals surface area contributed by atoms with Gasteiger partial charge in [0, 0.05) is 0 Å². The largest absolute Gasteiger partial charge is 0.296 e. The van der Waals surface area contributed by atoms with Gasteiger partial charge >= 0.3 is 0 Å². The van der Waals surface area contributed by atoms with Gasteiger partial charge in [0.1, 0.15) is 6.04 Å². The van der Waals surface area contributed by atoms with Gasteiger partial charge in [0.2, 0.25) is 5.91 Å². The molecule has 7 heteroatoms. The number of aryl methyl sites for hydroxylation is 1. The molecular weight excluding hydrogens is 336 g/mol. The number of para-hydroxylation sites is 1. The summed E-state index contributed by atoms with van der Waals surface area (Å²) in [5.41, 5.74) is 8.42. The van der Waals surface area contributed by atoms with E-state index in [1.807, 2.05) is 49.4 Å². The summed E-state index contributed by atoms with van der Waals surface area (Å²) in [4.78, 5) is 30.6. The summed E-state index contributed by atoms with van der Waals surface area (Å²) in [6, 6.07) is 14.6. The van der Waals surface area contributed by atoms with Gasteiger partial charge in [-0.2, -0.15) is 0 Å². The Balaban J connectivity index is 1.48. The quantitative estimate of drug-likeness (QED) is 0.558. The summed E-state index contributed by atoms with van der Waals surface area (Å²) in [5.74, 6) is -0.469. The van der Waals surface area contributed by atoms with Crippen molar-refractivity contribution in [2.45, 2.75) is 19.4 Å². The monoisotopic (exact) mass is 352 g/mol. The van der Waals surface area contributed by atoms with E-state index in [2.05, 4.69) is 15.8 Å². The number of thiazole rings is 1. The number of hydrogen-bond donors (Lipinski definition) is 2. The second-order valence-electron chi connectivity index (χ2n) is 5.92. The maximum Gasteiger partial charge on any atom is 0.253 e. The fourth-order valence-corrected chi connectivity index (χ4v) is 3.68. The molecule has 2 N–H and O–H groups in total. The van der Waals surface area contributed by atoms with Crippen LogP contribution in [0, 0.1) is 6.92 Å². The minimum atomic E-state index is -0.611. The van der Waals surface area contributed by atoms with E-state index in [1.165, 1.54) is 16.2 Å². The first-order valence-electron chi connectivity index (χ1n) is 7.92. The maximum absolute atomic E-state index is 12.6. The average molecular weight is 352 g/mol. The molecule has 0 radical (unpaired) electrons. The number of fused-ring (bicyclic) bond motifs is 1. The molecule has 6 nitrogen and oxygen atoms in total. The number of hydrazine groups is 1. The van der Waals surface area contributed by atoms with Crippen LogP contribution < -0.4 is 15.8 Å². The molecule has 1 aliphatic rings. The van der Waals surface area contributed by atoms with E-state index in [4.69, 9.17) is 0 Å². The number of rotatable bonds is 4. The van der Waals surface area contributed by atoms with E-state index >= 15 is 0 Å². The lowest BCUT2D eigenvalue weighted by atomic mass is 10.2. The predicted octanol–water partition coefficient (Wildman–Crippen LogP) is 2.85. The Labute approximate surface area is 148 Å². The molecule has 2 aromatic carbocycles. The minimum Gasteiger partial charge on any atom is -0.296 e. The van der Waals surface area contributed by atoms with Gasteiger partial charge in [0.15, 0.2) is 5.13 Å². The zero-order chi connectivity index (χ0) is 17.4. The van der Waals surface area contributed by atoms with E-state index in [0.717, 1.165) is 15.8 Å². The molecule has 2 heterocycles. The molecule has 1 aromatic heterocycles. The first-order valence-corrected chi connectivity index (χ1v) is 8.74. The van der Waals surface area contributed by atoms with Crippen LogP contribution in [0.15, 0.2) is 48.5 Å². The number of amides is 2. The Morgan fingerprint density at radius 2 is 2.00 bits per heavy atom. The highest BCUT2D eigenvalue weighted by Gasteiger charge is 2.39. The maximum atomic E-state index is 12.6. The molecule has 2 amide bonds. The van der Waals surface area contributed by atoms with E-state index in [9.17, 15) is 9.59 Å². The van der Waals surface area contributed by atoms with Crippen LogP contribution in [-0.4, -0.2) is 22.8 Å². The number of hydrogen-bond acceptors (Lipinski definition) is 6. The van der Waals surface area contributed by atoms with E-state index < -0.39 is 6.04 Å². The van der Waals surface area contributed by atoms with Crippen LogP contribution in [0.3, 0.4) is 0 Å². The predicted molar refractivity (Wildman–Crippen MR) is 98.5 cm³/mol. The molecule has 0 unspecified atom stereocenters. The number of carbonyl (C=O) groups is 2. The molecule has 1 atom stereocenters. The Kier molecular flexibility index (Phi) is 3.95. The molecule has 1 fully saturated rings. The zero-order valence-electron chi connectivity index (χ0n) is 13.5. The second kappa shape index (κ2) is 6.27. The topological polar surface area (TPSA) is 74.3 Å². The summed E-state index contributed by atoms with van der Waals surface area (Å²) in [6.07, 6.45) is 0.116. The highest BCUT2D eigenvalue weighted by Crippen LogP contribution is 2.26. The SMILES string of the molecule is Cc1cccc(N2C(=O)C[C@H](NNc3nc4ccccc4s3)C2=O)c1. The normalized spacial score (nSPS) is 17.5. The van der Waals surface area contributed by atoms with Gasteiger partial charge in [-0.15, -0.1) is 0 Å². The van der Waals surface area contributed by atoms with Gasteiger partial charge in [0.25, 0.3) is 5.91 Å². The Morgan fingerprint density at radius 1 is 1.16 bits per heavy atom. The van der Waals surface area contributed by atoms with Crippen molar-refractivity contribution in [3.63, 3.8) is 0 Å². The lowest BCUT2D eigenvalue weighted by molar-refractivity contribution is -0.121. The molecule has 1 aliphatic heterocycles. The standard InChI is InChI=1S/C18H16N4O2S/c1-11-5-4-6-12(9-11)22-16(23)10-14(17(22)24)20-21-18-19-13-7-2-3-8-15(13)25-18/h2-9,14,20H,10H2,1H3,(H,19,21)/t14-/m0/s1. The van der Waals surface area contributed by atoms with Gasteiger partial charge < -0.3 is 0 Å². The zero-order valence-corrected chi connectivity index (χ0v) is 14.3. The number of benzene rings is 2. The van der Waals surface area contributed by atoms with Crippen molar-refractivity contribution in [2.75, 3.05) is 10.3 Å².